The van der Waals surface area contributed by atoms with Crippen LogP contribution >= 0.6 is 11.6 Å². The maximum absolute atomic E-state index is 11.4. The van der Waals surface area contributed by atoms with Gasteiger partial charge in [0.05, 0.1) is 21.7 Å². The maximum atomic E-state index is 11.4. The molecule has 0 aliphatic rings. The molecule has 7 heteroatoms. The molecule has 0 fully saturated rings. The van der Waals surface area contributed by atoms with Crippen molar-refractivity contribution in [1.82, 2.24) is 9.78 Å². The summed E-state index contributed by atoms with van der Waals surface area (Å²) in [5, 5.41) is 15.6. The highest BCUT2D eigenvalue weighted by atomic mass is 35.5. The molecule has 3 aromatic rings. The van der Waals surface area contributed by atoms with Gasteiger partial charge in [0.25, 0.3) is 5.69 Å². The second-order valence-electron chi connectivity index (χ2n) is 4.69. The van der Waals surface area contributed by atoms with Crippen molar-refractivity contribution >= 4 is 23.6 Å². The van der Waals surface area contributed by atoms with Crippen LogP contribution in [0.15, 0.2) is 54.6 Å². The predicted molar refractivity (Wildman–Crippen MR) is 86.1 cm³/mol. The average Bonchev–Trinajstić information content (AvgIpc) is 2.92. The van der Waals surface area contributed by atoms with E-state index in [1.807, 2.05) is 6.07 Å². The first-order valence-corrected chi connectivity index (χ1v) is 7.04. The number of rotatable bonds is 4. The van der Waals surface area contributed by atoms with Crippen LogP contribution in [-0.2, 0) is 0 Å². The molecule has 0 bridgehead atoms. The van der Waals surface area contributed by atoms with Crippen LogP contribution in [-0.4, -0.2) is 21.0 Å². The zero-order valence-corrected chi connectivity index (χ0v) is 12.5. The minimum atomic E-state index is -0.515. The van der Waals surface area contributed by atoms with Gasteiger partial charge in [-0.15, -0.1) is 0 Å². The third kappa shape index (κ3) is 2.60. The molecule has 0 N–H and O–H groups in total. The number of hydrogen-bond acceptors (Lipinski definition) is 4. The summed E-state index contributed by atoms with van der Waals surface area (Å²) in [4.78, 5) is 22.1. The Morgan fingerprint density at radius 1 is 1.09 bits per heavy atom. The van der Waals surface area contributed by atoms with Gasteiger partial charge in [-0.3, -0.25) is 14.9 Å². The number of halogens is 1. The number of nitro groups is 1. The lowest BCUT2D eigenvalue weighted by atomic mass is 10.1. The van der Waals surface area contributed by atoms with Crippen molar-refractivity contribution < 1.29 is 9.72 Å². The predicted octanol–water partition coefficient (Wildman–Crippen LogP) is 3.91. The van der Waals surface area contributed by atoms with Crippen molar-refractivity contribution in [3.63, 3.8) is 0 Å². The van der Waals surface area contributed by atoms with Gasteiger partial charge in [0.15, 0.2) is 6.29 Å². The molecule has 6 nitrogen and oxygen atoms in total. The van der Waals surface area contributed by atoms with Crippen molar-refractivity contribution in [2.75, 3.05) is 0 Å². The summed E-state index contributed by atoms with van der Waals surface area (Å²) in [6.45, 7) is 0. The van der Waals surface area contributed by atoms with Crippen molar-refractivity contribution in [2.24, 2.45) is 0 Å². The number of aromatic nitrogens is 2. The van der Waals surface area contributed by atoms with Crippen molar-refractivity contribution in [2.45, 2.75) is 0 Å². The molecule has 0 aliphatic heterocycles. The first kappa shape index (κ1) is 14.9. The second-order valence-corrected chi connectivity index (χ2v) is 5.05. The van der Waals surface area contributed by atoms with Crippen LogP contribution in [0.4, 0.5) is 5.69 Å². The van der Waals surface area contributed by atoms with E-state index in [1.165, 1.54) is 10.7 Å². The van der Waals surface area contributed by atoms with Crippen molar-refractivity contribution in [1.29, 1.82) is 0 Å². The standard InChI is InChI=1S/C16H10ClN3O3/c17-16-13(10-21)15(12-8-4-5-9-14(12)20(22)23)18-19(16)11-6-2-1-3-7-11/h1-10H. The highest BCUT2D eigenvalue weighted by Gasteiger charge is 2.24. The normalized spacial score (nSPS) is 10.5. The van der Waals surface area contributed by atoms with Gasteiger partial charge >= 0.3 is 0 Å². The molecular formula is C16H10ClN3O3. The summed E-state index contributed by atoms with van der Waals surface area (Å²) in [6, 6.07) is 15.1. The van der Waals surface area contributed by atoms with E-state index in [-0.39, 0.29) is 27.7 Å². The number of hydrogen-bond donors (Lipinski definition) is 0. The fourth-order valence-corrected chi connectivity index (χ4v) is 2.56. The van der Waals surface area contributed by atoms with E-state index in [9.17, 15) is 14.9 Å². The van der Waals surface area contributed by atoms with E-state index in [1.54, 1.807) is 42.5 Å². The van der Waals surface area contributed by atoms with Crippen molar-refractivity contribution in [3.05, 3.63) is 75.4 Å². The number of aldehydes is 1. The average molecular weight is 328 g/mol. The minimum Gasteiger partial charge on any atom is -0.298 e. The molecule has 114 valence electrons. The van der Waals surface area contributed by atoms with E-state index in [2.05, 4.69) is 5.10 Å². The summed E-state index contributed by atoms with van der Waals surface area (Å²) in [5.41, 5.74) is 1.07. The van der Waals surface area contributed by atoms with Crippen LogP contribution in [0.3, 0.4) is 0 Å². The molecule has 0 aliphatic carbocycles. The van der Waals surface area contributed by atoms with Gasteiger partial charge in [0.2, 0.25) is 0 Å². The molecule has 0 saturated carbocycles. The van der Waals surface area contributed by atoms with Gasteiger partial charge in [-0.2, -0.15) is 5.10 Å². The topological polar surface area (TPSA) is 78.0 Å². The minimum absolute atomic E-state index is 0.111. The Hall–Kier alpha value is -2.99. The summed E-state index contributed by atoms with van der Waals surface area (Å²) in [7, 11) is 0. The van der Waals surface area contributed by atoms with Crippen LogP contribution in [0.1, 0.15) is 10.4 Å². The first-order chi connectivity index (χ1) is 11.1. The second kappa shape index (κ2) is 6.02. The molecule has 1 aromatic heterocycles. The molecule has 0 unspecified atom stereocenters. The quantitative estimate of drug-likeness (QED) is 0.413. The molecule has 1 heterocycles. The van der Waals surface area contributed by atoms with E-state index in [0.717, 1.165) is 0 Å². The number of carbonyl (C=O) groups is 1. The molecule has 23 heavy (non-hydrogen) atoms. The Balaban J connectivity index is 2.26. The molecular weight excluding hydrogens is 318 g/mol. The van der Waals surface area contributed by atoms with Crippen LogP contribution in [0, 0.1) is 10.1 Å². The Morgan fingerprint density at radius 2 is 1.74 bits per heavy atom. The number of nitro benzene ring substituents is 1. The smallest absolute Gasteiger partial charge is 0.278 e. The Kier molecular flexibility index (Phi) is 3.91. The van der Waals surface area contributed by atoms with Gasteiger partial charge in [-0.25, -0.2) is 4.68 Å². The monoisotopic (exact) mass is 327 g/mol. The first-order valence-electron chi connectivity index (χ1n) is 6.66. The summed E-state index contributed by atoms with van der Waals surface area (Å²) >= 11 is 6.25. The zero-order valence-electron chi connectivity index (χ0n) is 11.7. The highest BCUT2D eigenvalue weighted by molar-refractivity contribution is 6.32. The molecule has 0 spiro atoms. The van der Waals surface area contributed by atoms with Gasteiger partial charge in [-0.1, -0.05) is 41.9 Å². The Labute approximate surface area is 136 Å². The molecule has 3 rings (SSSR count). The third-order valence-corrected chi connectivity index (χ3v) is 3.70. The molecule has 0 saturated heterocycles. The Morgan fingerprint density at radius 3 is 2.39 bits per heavy atom. The van der Waals surface area contributed by atoms with Crippen LogP contribution < -0.4 is 0 Å². The maximum Gasteiger partial charge on any atom is 0.278 e. The molecule has 0 amide bonds. The lowest BCUT2D eigenvalue weighted by Crippen LogP contribution is -1.97. The Bertz CT molecular complexity index is 891. The molecule has 0 radical (unpaired) electrons. The number of nitrogens with zero attached hydrogens (tertiary/aromatic N) is 3. The van der Waals surface area contributed by atoms with Gasteiger partial charge in [0, 0.05) is 6.07 Å². The van der Waals surface area contributed by atoms with Gasteiger partial charge in [-0.05, 0) is 18.2 Å². The van der Waals surface area contributed by atoms with E-state index in [0.29, 0.717) is 12.0 Å². The summed E-state index contributed by atoms with van der Waals surface area (Å²) in [6.07, 6.45) is 0.556. The van der Waals surface area contributed by atoms with E-state index < -0.39 is 4.92 Å². The highest BCUT2D eigenvalue weighted by Crippen LogP contribution is 2.34. The van der Waals surface area contributed by atoms with E-state index >= 15 is 0 Å². The van der Waals surface area contributed by atoms with Crippen LogP contribution in [0.25, 0.3) is 16.9 Å². The van der Waals surface area contributed by atoms with Crippen LogP contribution in [0.2, 0.25) is 5.15 Å². The largest absolute Gasteiger partial charge is 0.298 e. The van der Waals surface area contributed by atoms with Crippen molar-refractivity contribution in [3.8, 4) is 16.9 Å². The van der Waals surface area contributed by atoms with Gasteiger partial charge in [0.1, 0.15) is 10.8 Å². The lowest BCUT2D eigenvalue weighted by Gasteiger charge is -2.02. The summed E-state index contributed by atoms with van der Waals surface area (Å²) < 4.78 is 1.39. The SMILES string of the molecule is O=Cc1c(-c2ccccc2[N+](=O)[O-])nn(-c2ccccc2)c1Cl. The fraction of sp³-hybridized carbons (Fsp3) is 0. The number of para-hydroxylation sites is 2. The van der Waals surface area contributed by atoms with E-state index in [4.69, 9.17) is 11.6 Å². The van der Waals surface area contributed by atoms with Gasteiger partial charge < -0.3 is 0 Å². The molecule has 2 aromatic carbocycles. The third-order valence-electron chi connectivity index (χ3n) is 3.34. The molecule has 0 atom stereocenters. The number of benzene rings is 2. The fourth-order valence-electron chi connectivity index (χ4n) is 2.29. The number of carbonyl (C=O) groups excluding carboxylic acids is 1. The zero-order chi connectivity index (χ0) is 16.4. The van der Waals surface area contributed by atoms with Crippen LogP contribution in [0.5, 0.6) is 0 Å². The summed E-state index contributed by atoms with van der Waals surface area (Å²) in [5.74, 6) is 0. The lowest BCUT2D eigenvalue weighted by molar-refractivity contribution is -0.384.